The van der Waals surface area contributed by atoms with Gasteiger partial charge in [-0.05, 0) is 30.3 Å². The van der Waals surface area contributed by atoms with Crippen LogP contribution in [0.2, 0.25) is 0 Å². The van der Waals surface area contributed by atoms with E-state index in [-0.39, 0.29) is 12.5 Å². The van der Waals surface area contributed by atoms with Crippen LogP contribution >= 0.6 is 0 Å². The van der Waals surface area contributed by atoms with Gasteiger partial charge in [0.2, 0.25) is 6.79 Å². The molecular formula is C15H10N4O4. The second-order valence-electron chi connectivity index (χ2n) is 4.84. The van der Waals surface area contributed by atoms with Gasteiger partial charge in [-0.2, -0.15) is 5.10 Å². The second kappa shape index (κ2) is 5.09. The Morgan fingerprint density at radius 2 is 1.87 bits per heavy atom. The molecule has 0 N–H and O–H groups in total. The molecule has 0 amide bonds. The number of nitrogens with zero attached hydrogens (tertiary/aromatic N) is 4. The molecule has 0 saturated carbocycles. The molecule has 3 aromatic rings. The summed E-state index contributed by atoms with van der Waals surface area (Å²) in [6, 6.07) is 11.6. The molecule has 1 aromatic heterocycles. The van der Waals surface area contributed by atoms with E-state index in [9.17, 15) is 10.1 Å². The largest absolute Gasteiger partial charge is 0.454 e. The van der Waals surface area contributed by atoms with Crippen molar-refractivity contribution in [2.75, 3.05) is 6.79 Å². The van der Waals surface area contributed by atoms with E-state index in [0.717, 1.165) is 5.56 Å². The number of benzene rings is 2. The molecule has 0 fully saturated rings. The van der Waals surface area contributed by atoms with Crippen molar-refractivity contribution in [2.24, 2.45) is 0 Å². The van der Waals surface area contributed by atoms with E-state index in [0.29, 0.717) is 23.0 Å². The SMILES string of the molecule is O=[N+]([O-])c1ccc(-n2ncnc2-c2ccc3c(c2)OCO3)cc1. The number of rotatable bonds is 3. The highest BCUT2D eigenvalue weighted by Crippen LogP contribution is 2.35. The fourth-order valence-corrected chi connectivity index (χ4v) is 2.38. The molecule has 0 unspecified atom stereocenters. The molecular weight excluding hydrogens is 300 g/mol. The summed E-state index contributed by atoms with van der Waals surface area (Å²) in [4.78, 5) is 14.6. The maximum Gasteiger partial charge on any atom is 0.269 e. The number of aromatic nitrogens is 3. The first-order chi connectivity index (χ1) is 11.2. The number of non-ortho nitro benzene ring substituents is 1. The minimum absolute atomic E-state index is 0.0264. The van der Waals surface area contributed by atoms with Crippen molar-refractivity contribution in [1.82, 2.24) is 14.8 Å². The van der Waals surface area contributed by atoms with E-state index < -0.39 is 4.92 Å². The molecule has 0 spiro atoms. The lowest BCUT2D eigenvalue weighted by atomic mass is 10.2. The van der Waals surface area contributed by atoms with Gasteiger partial charge in [-0.25, -0.2) is 9.67 Å². The lowest BCUT2D eigenvalue weighted by Gasteiger charge is -2.06. The summed E-state index contributed by atoms with van der Waals surface area (Å²) >= 11 is 0. The molecule has 2 aromatic carbocycles. The van der Waals surface area contributed by atoms with Gasteiger partial charge in [0.1, 0.15) is 6.33 Å². The third kappa shape index (κ3) is 2.26. The summed E-state index contributed by atoms with van der Waals surface area (Å²) in [5.74, 6) is 1.95. The van der Waals surface area contributed by atoms with Crippen molar-refractivity contribution in [3.63, 3.8) is 0 Å². The first-order valence-electron chi connectivity index (χ1n) is 6.77. The summed E-state index contributed by atoms with van der Waals surface area (Å²) in [5, 5.41) is 14.9. The molecule has 0 radical (unpaired) electrons. The van der Waals surface area contributed by atoms with E-state index in [1.807, 2.05) is 18.2 Å². The Morgan fingerprint density at radius 3 is 2.65 bits per heavy atom. The van der Waals surface area contributed by atoms with E-state index >= 15 is 0 Å². The predicted molar refractivity (Wildman–Crippen MR) is 79.6 cm³/mol. The predicted octanol–water partition coefficient (Wildman–Crippen LogP) is 2.57. The van der Waals surface area contributed by atoms with Crippen LogP contribution in [0.25, 0.3) is 17.1 Å². The summed E-state index contributed by atoms with van der Waals surface area (Å²) < 4.78 is 12.3. The molecule has 0 saturated heterocycles. The van der Waals surface area contributed by atoms with Gasteiger partial charge < -0.3 is 9.47 Å². The minimum atomic E-state index is -0.441. The molecule has 2 heterocycles. The first kappa shape index (κ1) is 13.3. The van der Waals surface area contributed by atoms with Crippen molar-refractivity contribution in [3.05, 3.63) is 58.9 Å². The van der Waals surface area contributed by atoms with Crippen molar-refractivity contribution in [1.29, 1.82) is 0 Å². The highest BCUT2D eigenvalue weighted by molar-refractivity contribution is 5.63. The number of hydrogen-bond acceptors (Lipinski definition) is 6. The summed E-state index contributed by atoms with van der Waals surface area (Å²) in [6.45, 7) is 0.202. The Bertz CT molecular complexity index is 889. The molecule has 1 aliphatic rings. The van der Waals surface area contributed by atoms with Gasteiger partial charge in [-0.3, -0.25) is 10.1 Å². The second-order valence-corrected chi connectivity index (χ2v) is 4.84. The van der Waals surface area contributed by atoms with Gasteiger partial charge >= 0.3 is 0 Å². The van der Waals surface area contributed by atoms with Crippen LogP contribution in [0.3, 0.4) is 0 Å². The third-order valence-corrected chi connectivity index (χ3v) is 3.48. The van der Waals surface area contributed by atoms with E-state index in [4.69, 9.17) is 9.47 Å². The van der Waals surface area contributed by atoms with Crippen LogP contribution in [0, 0.1) is 10.1 Å². The van der Waals surface area contributed by atoms with Crippen LogP contribution in [-0.2, 0) is 0 Å². The Kier molecular flexibility index (Phi) is 2.94. The van der Waals surface area contributed by atoms with Gasteiger partial charge in [0, 0.05) is 17.7 Å². The van der Waals surface area contributed by atoms with Crippen LogP contribution in [0.5, 0.6) is 11.5 Å². The third-order valence-electron chi connectivity index (χ3n) is 3.48. The maximum atomic E-state index is 10.7. The van der Waals surface area contributed by atoms with Gasteiger partial charge in [0.25, 0.3) is 5.69 Å². The molecule has 0 aliphatic carbocycles. The minimum Gasteiger partial charge on any atom is -0.454 e. The zero-order valence-electron chi connectivity index (χ0n) is 11.7. The zero-order chi connectivity index (χ0) is 15.8. The van der Waals surface area contributed by atoms with Gasteiger partial charge in [-0.15, -0.1) is 0 Å². The van der Waals surface area contributed by atoms with Crippen LogP contribution < -0.4 is 9.47 Å². The Hall–Kier alpha value is -3.42. The van der Waals surface area contributed by atoms with Crippen LogP contribution in [0.4, 0.5) is 5.69 Å². The van der Waals surface area contributed by atoms with Crippen LogP contribution in [0.15, 0.2) is 48.8 Å². The topological polar surface area (TPSA) is 92.3 Å². The zero-order valence-corrected chi connectivity index (χ0v) is 11.7. The van der Waals surface area contributed by atoms with Crippen LogP contribution in [0.1, 0.15) is 0 Å². The average Bonchev–Trinajstić information content (AvgIpc) is 3.23. The maximum absolute atomic E-state index is 10.7. The van der Waals surface area contributed by atoms with Crippen molar-refractivity contribution >= 4 is 5.69 Å². The molecule has 114 valence electrons. The summed E-state index contributed by atoms with van der Waals surface area (Å²) in [6.07, 6.45) is 1.43. The highest BCUT2D eigenvalue weighted by Gasteiger charge is 2.17. The highest BCUT2D eigenvalue weighted by atomic mass is 16.7. The van der Waals surface area contributed by atoms with Crippen molar-refractivity contribution in [2.45, 2.75) is 0 Å². The number of nitro benzene ring substituents is 1. The van der Waals surface area contributed by atoms with E-state index in [1.165, 1.54) is 18.5 Å². The van der Waals surface area contributed by atoms with Gasteiger partial charge in [0.15, 0.2) is 17.3 Å². The number of ether oxygens (including phenoxy) is 2. The molecule has 0 atom stereocenters. The normalized spacial score (nSPS) is 12.3. The van der Waals surface area contributed by atoms with E-state index in [1.54, 1.807) is 16.8 Å². The Balaban J connectivity index is 1.75. The Labute approximate surface area is 130 Å². The van der Waals surface area contributed by atoms with Crippen LogP contribution in [-0.4, -0.2) is 26.5 Å². The van der Waals surface area contributed by atoms with Gasteiger partial charge in [-0.1, -0.05) is 0 Å². The van der Waals surface area contributed by atoms with E-state index in [2.05, 4.69) is 10.1 Å². The van der Waals surface area contributed by atoms with Crippen molar-refractivity contribution < 1.29 is 14.4 Å². The molecule has 1 aliphatic heterocycles. The first-order valence-corrected chi connectivity index (χ1v) is 6.77. The van der Waals surface area contributed by atoms with Crippen molar-refractivity contribution in [3.8, 4) is 28.6 Å². The van der Waals surface area contributed by atoms with Gasteiger partial charge in [0.05, 0.1) is 10.6 Å². The smallest absolute Gasteiger partial charge is 0.269 e. The standard InChI is InChI=1S/C15H10N4O4/c20-19(21)12-4-2-11(3-5-12)18-15(16-8-17-18)10-1-6-13-14(7-10)23-9-22-13/h1-8H,9H2. The summed E-state index contributed by atoms with van der Waals surface area (Å²) in [7, 11) is 0. The fraction of sp³-hybridized carbons (Fsp3) is 0.0667. The molecule has 8 heteroatoms. The quantitative estimate of drug-likeness (QED) is 0.545. The summed E-state index contributed by atoms with van der Waals surface area (Å²) in [5.41, 5.74) is 1.52. The lowest BCUT2D eigenvalue weighted by molar-refractivity contribution is -0.384. The Morgan fingerprint density at radius 1 is 1.09 bits per heavy atom. The molecule has 4 rings (SSSR count). The number of nitro groups is 1. The molecule has 8 nitrogen and oxygen atoms in total. The monoisotopic (exact) mass is 310 g/mol. The lowest BCUT2D eigenvalue weighted by Crippen LogP contribution is -2.00. The molecule has 23 heavy (non-hydrogen) atoms. The fourth-order valence-electron chi connectivity index (χ4n) is 2.38. The number of hydrogen-bond donors (Lipinski definition) is 0. The number of fused-ring (bicyclic) bond motifs is 1. The molecule has 0 bridgehead atoms. The average molecular weight is 310 g/mol.